The zero-order chi connectivity index (χ0) is 17.9. The zero-order valence-corrected chi connectivity index (χ0v) is 16.2. The second kappa shape index (κ2) is 7.80. The summed E-state index contributed by atoms with van der Waals surface area (Å²) in [6, 6.07) is 11.5. The molecule has 1 fully saturated rings. The fourth-order valence-electron chi connectivity index (χ4n) is 2.38. The zero-order valence-electron chi connectivity index (χ0n) is 13.8. The van der Waals surface area contributed by atoms with Crippen LogP contribution in [0.3, 0.4) is 0 Å². The van der Waals surface area contributed by atoms with Gasteiger partial charge in [-0.15, -0.1) is 23.5 Å². The fraction of sp³-hybridized carbons (Fsp3) is 0.294. The van der Waals surface area contributed by atoms with Crippen molar-refractivity contribution in [1.82, 2.24) is 0 Å². The maximum Gasteiger partial charge on any atom is 0.339 e. The number of rotatable bonds is 6. The highest BCUT2D eigenvalue weighted by molar-refractivity contribution is 8.19. The van der Waals surface area contributed by atoms with Crippen LogP contribution in [0.4, 0.5) is 0 Å². The molecule has 0 saturated carbocycles. The molecular formula is C17H18O5S3. The first-order valence-electron chi connectivity index (χ1n) is 7.53. The molecule has 0 aliphatic carbocycles. The molecule has 0 amide bonds. The van der Waals surface area contributed by atoms with Gasteiger partial charge in [0.15, 0.2) is 11.5 Å². The van der Waals surface area contributed by atoms with Crippen LogP contribution >= 0.6 is 23.5 Å². The van der Waals surface area contributed by atoms with Crippen molar-refractivity contribution < 1.29 is 22.1 Å². The van der Waals surface area contributed by atoms with Crippen LogP contribution in [-0.4, -0.2) is 34.1 Å². The number of methoxy groups -OCH3 is 2. The van der Waals surface area contributed by atoms with Gasteiger partial charge in [0.05, 0.1) is 18.8 Å². The van der Waals surface area contributed by atoms with E-state index in [0.29, 0.717) is 16.1 Å². The normalized spacial score (nSPS) is 15.1. The predicted octanol–water partition coefficient (Wildman–Crippen LogP) is 3.95. The number of benzene rings is 2. The molecule has 25 heavy (non-hydrogen) atoms. The second-order valence-corrected chi connectivity index (χ2v) is 9.47. The van der Waals surface area contributed by atoms with E-state index >= 15 is 0 Å². The Kier molecular flexibility index (Phi) is 5.71. The van der Waals surface area contributed by atoms with Crippen LogP contribution < -0.4 is 13.7 Å². The van der Waals surface area contributed by atoms with E-state index in [1.165, 1.54) is 38.0 Å². The van der Waals surface area contributed by atoms with Crippen molar-refractivity contribution in [3.63, 3.8) is 0 Å². The second-order valence-electron chi connectivity index (χ2n) is 5.20. The Morgan fingerprint density at radius 1 is 0.920 bits per heavy atom. The van der Waals surface area contributed by atoms with Gasteiger partial charge in [-0.05, 0) is 29.8 Å². The number of thioether (sulfide) groups is 2. The molecule has 3 rings (SSSR count). The fourth-order valence-corrected chi connectivity index (χ4v) is 6.18. The molecule has 2 aromatic rings. The summed E-state index contributed by atoms with van der Waals surface area (Å²) in [5.41, 5.74) is 1.17. The maximum absolute atomic E-state index is 12.5. The third-order valence-corrected chi connectivity index (χ3v) is 7.97. The van der Waals surface area contributed by atoms with Crippen LogP contribution in [-0.2, 0) is 10.1 Å². The van der Waals surface area contributed by atoms with Crippen molar-refractivity contribution in [2.24, 2.45) is 0 Å². The first kappa shape index (κ1) is 18.3. The van der Waals surface area contributed by atoms with Crippen LogP contribution in [0.25, 0.3) is 0 Å². The molecule has 0 radical (unpaired) electrons. The van der Waals surface area contributed by atoms with Gasteiger partial charge in [-0.1, -0.05) is 12.1 Å². The molecule has 0 aromatic heterocycles. The standard InChI is InChI=1S/C17H18O5S3/c1-20-15-8-7-14(11-16(15)21-2)25(18,19)22-13-5-3-12(4-6-13)17-23-9-10-24-17/h3-8,11,17H,9-10H2,1-2H3. The molecule has 134 valence electrons. The summed E-state index contributed by atoms with van der Waals surface area (Å²) < 4.78 is 40.9. The lowest BCUT2D eigenvalue weighted by Crippen LogP contribution is -2.10. The van der Waals surface area contributed by atoms with Crippen LogP contribution in [0.5, 0.6) is 17.2 Å². The molecule has 5 nitrogen and oxygen atoms in total. The van der Waals surface area contributed by atoms with E-state index in [2.05, 4.69) is 0 Å². The van der Waals surface area contributed by atoms with Gasteiger partial charge >= 0.3 is 10.1 Å². The SMILES string of the molecule is COc1ccc(S(=O)(=O)Oc2ccc(C3SCCS3)cc2)cc1OC. The Bertz CT molecular complexity index is 828. The summed E-state index contributed by atoms with van der Waals surface area (Å²) in [4.78, 5) is 0.0103. The minimum atomic E-state index is -3.95. The Balaban J connectivity index is 1.79. The van der Waals surface area contributed by atoms with Gasteiger partial charge in [-0.3, -0.25) is 0 Å². The minimum absolute atomic E-state index is 0.0103. The van der Waals surface area contributed by atoms with Crippen LogP contribution in [0.1, 0.15) is 10.1 Å². The van der Waals surface area contributed by atoms with Gasteiger partial charge in [0.1, 0.15) is 10.6 Å². The Hall–Kier alpha value is -1.51. The van der Waals surface area contributed by atoms with Crippen molar-refractivity contribution in [3.05, 3.63) is 48.0 Å². The van der Waals surface area contributed by atoms with Crippen LogP contribution in [0, 0.1) is 0 Å². The van der Waals surface area contributed by atoms with E-state index in [1.54, 1.807) is 12.1 Å². The smallest absolute Gasteiger partial charge is 0.339 e. The van der Waals surface area contributed by atoms with Gasteiger partial charge < -0.3 is 13.7 Å². The molecule has 0 unspecified atom stereocenters. The largest absolute Gasteiger partial charge is 0.493 e. The van der Waals surface area contributed by atoms with E-state index in [-0.39, 0.29) is 10.6 Å². The van der Waals surface area contributed by atoms with Crippen LogP contribution in [0.15, 0.2) is 47.4 Å². The minimum Gasteiger partial charge on any atom is -0.493 e. The third kappa shape index (κ3) is 4.19. The molecule has 1 aliphatic rings. The molecule has 1 heterocycles. The lowest BCUT2D eigenvalue weighted by atomic mass is 10.2. The highest BCUT2D eigenvalue weighted by atomic mass is 32.2. The number of hydrogen-bond acceptors (Lipinski definition) is 7. The summed E-state index contributed by atoms with van der Waals surface area (Å²) in [6.07, 6.45) is 0. The highest BCUT2D eigenvalue weighted by Gasteiger charge is 2.21. The Morgan fingerprint density at radius 2 is 1.56 bits per heavy atom. The molecule has 0 atom stereocenters. The van der Waals surface area contributed by atoms with Crippen molar-refractivity contribution in [2.45, 2.75) is 9.48 Å². The summed E-state index contributed by atoms with van der Waals surface area (Å²) in [7, 11) is -1.01. The summed E-state index contributed by atoms with van der Waals surface area (Å²) in [5, 5.41) is 0. The summed E-state index contributed by atoms with van der Waals surface area (Å²) in [5.74, 6) is 3.35. The van der Waals surface area contributed by atoms with E-state index in [9.17, 15) is 8.42 Å². The monoisotopic (exact) mass is 398 g/mol. The Labute approximate surface area is 156 Å². The van der Waals surface area contributed by atoms with Crippen molar-refractivity contribution in [2.75, 3.05) is 25.7 Å². The molecule has 8 heteroatoms. The molecule has 1 saturated heterocycles. The average molecular weight is 399 g/mol. The third-order valence-electron chi connectivity index (χ3n) is 3.62. The quantitative estimate of drug-likeness (QED) is 0.683. The molecule has 1 aliphatic heterocycles. The van der Waals surface area contributed by atoms with E-state index in [0.717, 1.165) is 11.5 Å². The first-order valence-corrected chi connectivity index (χ1v) is 11.0. The molecule has 0 bridgehead atoms. The van der Waals surface area contributed by atoms with E-state index in [4.69, 9.17) is 13.7 Å². The lowest BCUT2D eigenvalue weighted by Gasteiger charge is -2.12. The van der Waals surface area contributed by atoms with Crippen molar-refractivity contribution in [1.29, 1.82) is 0 Å². The molecule has 0 N–H and O–H groups in total. The van der Waals surface area contributed by atoms with E-state index in [1.807, 2.05) is 35.7 Å². The summed E-state index contributed by atoms with van der Waals surface area (Å²) >= 11 is 3.79. The predicted molar refractivity (Wildman–Crippen MR) is 101 cm³/mol. The van der Waals surface area contributed by atoms with Gasteiger partial charge in [0.2, 0.25) is 0 Å². The molecule has 2 aromatic carbocycles. The average Bonchev–Trinajstić information content (AvgIpc) is 3.16. The summed E-state index contributed by atoms with van der Waals surface area (Å²) in [6.45, 7) is 0. The molecular weight excluding hydrogens is 380 g/mol. The van der Waals surface area contributed by atoms with Gasteiger partial charge in [0, 0.05) is 17.6 Å². The van der Waals surface area contributed by atoms with E-state index < -0.39 is 10.1 Å². The number of hydrogen-bond donors (Lipinski definition) is 0. The number of ether oxygens (including phenoxy) is 2. The Morgan fingerprint density at radius 3 is 2.16 bits per heavy atom. The maximum atomic E-state index is 12.5. The van der Waals surface area contributed by atoms with Crippen LogP contribution in [0.2, 0.25) is 0 Å². The topological polar surface area (TPSA) is 61.8 Å². The van der Waals surface area contributed by atoms with Gasteiger partial charge in [0.25, 0.3) is 0 Å². The van der Waals surface area contributed by atoms with Gasteiger partial charge in [-0.2, -0.15) is 8.42 Å². The van der Waals surface area contributed by atoms with Crippen molar-refractivity contribution in [3.8, 4) is 17.2 Å². The van der Waals surface area contributed by atoms with Crippen molar-refractivity contribution >= 4 is 33.6 Å². The van der Waals surface area contributed by atoms with Gasteiger partial charge in [-0.25, -0.2) is 0 Å². The highest BCUT2D eigenvalue weighted by Crippen LogP contribution is 2.45. The molecule has 0 spiro atoms. The first-order chi connectivity index (χ1) is 12.0. The lowest BCUT2D eigenvalue weighted by molar-refractivity contribution is 0.353.